The normalized spacial score (nSPS) is 8.65. The molecular weight excluding hydrogens is 308 g/mol. The first-order chi connectivity index (χ1) is 9.08. The van der Waals surface area contributed by atoms with Crippen molar-refractivity contribution in [2.24, 2.45) is 0 Å². The van der Waals surface area contributed by atoms with Gasteiger partial charge >= 0.3 is 11.9 Å². The van der Waals surface area contributed by atoms with Crippen molar-refractivity contribution in [1.29, 1.82) is 0 Å². The molecule has 109 valence electrons. The van der Waals surface area contributed by atoms with E-state index >= 15 is 0 Å². The third-order valence-electron chi connectivity index (χ3n) is 2.36. The zero-order valence-corrected chi connectivity index (χ0v) is 11.7. The third kappa shape index (κ3) is 5.26. The van der Waals surface area contributed by atoms with Gasteiger partial charge in [0.1, 0.15) is 0 Å². The molecule has 0 aliphatic rings. The van der Waals surface area contributed by atoms with Gasteiger partial charge in [0.25, 0.3) is 0 Å². The van der Waals surface area contributed by atoms with E-state index in [1.165, 1.54) is 7.11 Å². The zero-order chi connectivity index (χ0) is 14.3. The molecule has 2 rings (SSSR count). The van der Waals surface area contributed by atoms with Gasteiger partial charge in [-0.05, 0) is 22.9 Å². The summed E-state index contributed by atoms with van der Waals surface area (Å²) in [4.78, 5) is 20.5. The average molecular weight is 322 g/mol. The maximum atomic E-state index is 10.6. The fourth-order valence-electron chi connectivity index (χ4n) is 1.41. The summed E-state index contributed by atoms with van der Waals surface area (Å²) >= 11 is 0. The Hall–Kier alpha value is -2.10. The van der Waals surface area contributed by atoms with Crippen molar-refractivity contribution in [3.05, 3.63) is 60.7 Å². The Labute approximate surface area is 127 Å². The molecule has 1 radical (unpaired) electrons. The molecule has 0 spiro atoms. The number of esters is 1. The van der Waals surface area contributed by atoms with Gasteiger partial charge in [-0.1, -0.05) is 36.9 Å². The van der Waals surface area contributed by atoms with Crippen LogP contribution >= 0.6 is 0 Å². The summed E-state index contributed by atoms with van der Waals surface area (Å²) in [6.45, 7) is 3.16. The van der Waals surface area contributed by atoms with Gasteiger partial charge in [0.05, 0.1) is 12.7 Å². The van der Waals surface area contributed by atoms with Gasteiger partial charge in [0, 0.05) is 23.1 Å². The van der Waals surface area contributed by atoms with Gasteiger partial charge < -0.3 is 9.84 Å². The summed E-state index contributed by atoms with van der Waals surface area (Å²) in [5.74, 6) is -1.28. The van der Waals surface area contributed by atoms with Gasteiger partial charge in [0.2, 0.25) is 0 Å². The Kier molecular flexibility index (Phi) is 7.97. The number of hydrogen-bond donors (Lipinski definition) is 1. The van der Waals surface area contributed by atoms with Crippen LogP contribution in [0.4, 0.5) is 0 Å². The minimum atomic E-state index is -0.884. The number of carboxylic acids is 1. The predicted molar refractivity (Wildman–Crippen MR) is 73.1 cm³/mol. The van der Waals surface area contributed by atoms with E-state index in [0.717, 1.165) is 16.8 Å². The zero-order valence-electron chi connectivity index (χ0n) is 10.8. The summed E-state index contributed by atoms with van der Waals surface area (Å²) in [6.07, 6.45) is 1.11. The number of hydrogen-bond acceptors (Lipinski definition) is 3. The van der Waals surface area contributed by atoms with Gasteiger partial charge in [0.15, 0.2) is 0 Å². The van der Waals surface area contributed by atoms with Crippen LogP contribution in [0.15, 0.2) is 55.1 Å². The number of carboxylic acid groups (broad SMARTS) is 1. The van der Waals surface area contributed by atoms with E-state index in [9.17, 15) is 9.59 Å². The molecular formula is C15H14CuO4. The summed E-state index contributed by atoms with van der Waals surface area (Å²) in [7, 11) is 1.31. The predicted octanol–water partition coefficient (Wildman–Crippen LogP) is 2.88. The number of ether oxygens (including phenoxy) is 1. The molecule has 5 heteroatoms. The van der Waals surface area contributed by atoms with Crippen LogP contribution in [-0.4, -0.2) is 24.2 Å². The molecule has 4 nitrogen and oxygen atoms in total. The fourth-order valence-corrected chi connectivity index (χ4v) is 1.41. The quantitative estimate of drug-likeness (QED) is 0.525. The van der Waals surface area contributed by atoms with Crippen molar-refractivity contribution >= 4 is 22.7 Å². The standard InChI is InChI=1S/C11H8O2.C4H6O2.Cu/c12-11(13)10-6-5-8-3-1-2-4-9(8)7-10;1-3-4(5)6-2;/h1-7H,(H,12,13);3H,1H2,2H3;. The molecule has 0 saturated carbocycles. The number of carbonyl (C=O) groups is 2. The first-order valence-corrected chi connectivity index (χ1v) is 5.51. The first kappa shape index (κ1) is 17.9. The van der Waals surface area contributed by atoms with Gasteiger partial charge in [-0.2, -0.15) is 0 Å². The number of aromatic carboxylic acids is 1. The molecule has 0 saturated heterocycles. The van der Waals surface area contributed by atoms with E-state index in [0.29, 0.717) is 5.56 Å². The second-order valence-corrected chi connectivity index (χ2v) is 3.59. The second-order valence-electron chi connectivity index (χ2n) is 3.59. The van der Waals surface area contributed by atoms with Crippen molar-refractivity contribution in [3.8, 4) is 0 Å². The Morgan fingerprint density at radius 1 is 1.15 bits per heavy atom. The number of rotatable bonds is 2. The van der Waals surface area contributed by atoms with E-state index in [4.69, 9.17) is 5.11 Å². The van der Waals surface area contributed by atoms with E-state index < -0.39 is 11.9 Å². The molecule has 0 bridgehead atoms. The molecule has 0 unspecified atom stereocenters. The van der Waals surface area contributed by atoms with Crippen molar-refractivity contribution in [2.45, 2.75) is 0 Å². The van der Waals surface area contributed by atoms with Gasteiger partial charge in [-0.3, -0.25) is 0 Å². The Morgan fingerprint density at radius 3 is 2.20 bits per heavy atom. The van der Waals surface area contributed by atoms with Crippen molar-refractivity contribution < 1.29 is 36.5 Å². The van der Waals surface area contributed by atoms with E-state index in [-0.39, 0.29) is 17.1 Å². The number of benzene rings is 2. The largest absolute Gasteiger partial charge is 0.478 e. The topological polar surface area (TPSA) is 63.6 Å². The van der Waals surface area contributed by atoms with Crippen LogP contribution < -0.4 is 0 Å². The Balaban J connectivity index is 0.000000448. The summed E-state index contributed by atoms with van der Waals surface area (Å²) in [6, 6.07) is 12.8. The van der Waals surface area contributed by atoms with Crippen molar-refractivity contribution in [3.63, 3.8) is 0 Å². The van der Waals surface area contributed by atoms with Crippen LogP contribution in [0.1, 0.15) is 10.4 Å². The van der Waals surface area contributed by atoms with E-state index in [1.807, 2.05) is 30.3 Å². The molecule has 2 aromatic carbocycles. The number of fused-ring (bicyclic) bond motifs is 1. The third-order valence-corrected chi connectivity index (χ3v) is 2.36. The van der Waals surface area contributed by atoms with E-state index in [1.54, 1.807) is 12.1 Å². The fraction of sp³-hybridized carbons (Fsp3) is 0.0667. The molecule has 0 aliphatic heterocycles. The monoisotopic (exact) mass is 321 g/mol. The molecule has 0 fully saturated rings. The van der Waals surface area contributed by atoms with Crippen LogP contribution in [0.3, 0.4) is 0 Å². The molecule has 2 aromatic rings. The summed E-state index contributed by atoms with van der Waals surface area (Å²) in [5.41, 5.74) is 0.332. The maximum Gasteiger partial charge on any atom is 0.335 e. The Bertz CT molecular complexity index is 608. The van der Waals surface area contributed by atoms with Gasteiger partial charge in [-0.25, -0.2) is 9.59 Å². The average Bonchev–Trinajstić information content (AvgIpc) is 2.46. The van der Waals surface area contributed by atoms with Crippen LogP contribution in [0.25, 0.3) is 10.8 Å². The summed E-state index contributed by atoms with van der Waals surface area (Å²) < 4.78 is 4.14. The Morgan fingerprint density at radius 2 is 1.75 bits per heavy atom. The minimum Gasteiger partial charge on any atom is -0.478 e. The SMILES string of the molecule is C=CC(=O)OC.O=C(O)c1ccc2ccccc2c1.[Cu]. The first-order valence-electron chi connectivity index (χ1n) is 5.51. The van der Waals surface area contributed by atoms with Gasteiger partial charge in [-0.15, -0.1) is 0 Å². The van der Waals surface area contributed by atoms with Crippen LogP contribution in [-0.2, 0) is 26.6 Å². The maximum absolute atomic E-state index is 10.6. The van der Waals surface area contributed by atoms with Crippen LogP contribution in [0.2, 0.25) is 0 Å². The van der Waals surface area contributed by atoms with E-state index in [2.05, 4.69) is 11.3 Å². The molecule has 1 N–H and O–H groups in total. The molecule has 0 atom stereocenters. The van der Waals surface area contributed by atoms with Crippen LogP contribution in [0.5, 0.6) is 0 Å². The van der Waals surface area contributed by atoms with Crippen molar-refractivity contribution in [2.75, 3.05) is 7.11 Å². The second kappa shape index (κ2) is 8.91. The smallest absolute Gasteiger partial charge is 0.335 e. The molecule has 0 heterocycles. The minimum absolute atomic E-state index is 0. The number of methoxy groups -OCH3 is 1. The molecule has 0 aromatic heterocycles. The number of carbonyl (C=O) groups excluding carboxylic acids is 1. The van der Waals surface area contributed by atoms with Crippen LogP contribution in [0, 0.1) is 0 Å². The summed E-state index contributed by atoms with van der Waals surface area (Å²) in [5, 5.41) is 10.8. The molecule has 0 amide bonds. The molecule has 0 aliphatic carbocycles. The van der Waals surface area contributed by atoms with Crippen molar-refractivity contribution in [1.82, 2.24) is 0 Å². The molecule has 20 heavy (non-hydrogen) atoms.